The molecule has 8 nitrogen and oxygen atoms in total. The van der Waals surface area contributed by atoms with Gasteiger partial charge in [0, 0.05) is 23.3 Å². The molecular weight excluding hydrogens is 474 g/mol. The number of carbonyl (C=O) groups excluding carboxylic acids is 3. The second-order valence-corrected chi connectivity index (χ2v) is 7.37. The summed E-state index contributed by atoms with van der Waals surface area (Å²) in [5, 5.41) is 13.1. The number of nitrogens with one attached hydrogen (secondary N) is 1. The predicted molar refractivity (Wildman–Crippen MR) is 118 cm³/mol. The standard InChI is InChI=1S/C23H15ClF2N2O6/c1-12(22(30)27-19-11-14(25)7-9-18(19)26)34-23(31)16-5-3-2-4-15(16)21(29)13-6-8-17(24)20(10-13)28(32)33/h2-12H,1H3,(H,27,30). The highest BCUT2D eigenvalue weighted by molar-refractivity contribution is 6.33. The molecule has 34 heavy (non-hydrogen) atoms. The Labute approximate surface area is 196 Å². The van der Waals surface area contributed by atoms with Crippen molar-refractivity contribution in [2.45, 2.75) is 13.0 Å². The Morgan fingerprint density at radius 2 is 1.71 bits per heavy atom. The molecule has 3 aromatic rings. The number of hydrogen-bond donors (Lipinski definition) is 1. The second kappa shape index (κ2) is 10.2. The van der Waals surface area contributed by atoms with Crippen LogP contribution < -0.4 is 5.32 Å². The smallest absolute Gasteiger partial charge is 0.339 e. The van der Waals surface area contributed by atoms with Gasteiger partial charge in [-0.1, -0.05) is 29.8 Å². The van der Waals surface area contributed by atoms with Crippen LogP contribution in [0.25, 0.3) is 0 Å². The number of nitrogens with zero attached hydrogens (tertiary/aromatic N) is 1. The molecule has 0 aromatic heterocycles. The number of ketones is 1. The van der Waals surface area contributed by atoms with Gasteiger partial charge in [-0.2, -0.15) is 0 Å². The maximum absolute atomic E-state index is 13.8. The molecule has 3 rings (SSSR count). The Hall–Kier alpha value is -4.18. The molecule has 1 unspecified atom stereocenters. The first-order valence-electron chi connectivity index (χ1n) is 9.63. The topological polar surface area (TPSA) is 116 Å². The zero-order valence-electron chi connectivity index (χ0n) is 17.4. The first kappa shape index (κ1) is 24.5. The van der Waals surface area contributed by atoms with Crippen molar-refractivity contribution >= 4 is 40.6 Å². The zero-order chi connectivity index (χ0) is 25.0. The fourth-order valence-electron chi connectivity index (χ4n) is 2.91. The summed E-state index contributed by atoms with van der Waals surface area (Å²) < 4.78 is 32.2. The maximum Gasteiger partial charge on any atom is 0.339 e. The van der Waals surface area contributed by atoms with Crippen LogP contribution in [0.4, 0.5) is 20.2 Å². The maximum atomic E-state index is 13.8. The van der Waals surface area contributed by atoms with Gasteiger partial charge in [0.2, 0.25) is 0 Å². The molecule has 174 valence electrons. The molecule has 0 spiro atoms. The van der Waals surface area contributed by atoms with E-state index in [-0.39, 0.29) is 21.7 Å². The van der Waals surface area contributed by atoms with Gasteiger partial charge in [-0.05, 0) is 37.3 Å². The van der Waals surface area contributed by atoms with Crippen LogP contribution in [0.2, 0.25) is 5.02 Å². The Morgan fingerprint density at radius 3 is 2.38 bits per heavy atom. The third-order valence-electron chi connectivity index (χ3n) is 4.64. The lowest BCUT2D eigenvalue weighted by molar-refractivity contribution is -0.384. The number of anilines is 1. The van der Waals surface area contributed by atoms with Gasteiger partial charge in [0.1, 0.15) is 16.7 Å². The van der Waals surface area contributed by atoms with E-state index in [1.807, 2.05) is 0 Å². The van der Waals surface area contributed by atoms with E-state index < -0.39 is 51.7 Å². The fourth-order valence-corrected chi connectivity index (χ4v) is 3.10. The summed E-state index contributed by atoms with van der Waals surface area (Å²) in [6, 6.07) is 11.4. The van der Waals surface area contributed by atoms with E-state index in [4.69, 9.17) is 16.3 Å². The Kier molecular flexibility index (Phi) is 7.32. The third kappa shape index (κ3) is 5.41. The molecule has 1 atom stereocenters. The molecule has 0 saturated heterocycles. The molecule has 3 aromatic carbocycles. The van der Waals surface area contributed by atoms with Gasteiger partial charge >= 0.3 is 5.97 Å². The average Bonchev–Trinajstić information content (AvgIpc) is 2.81. The van der Waals surface area contributed by atoms with Crippen molar-refractivity contribution in [3.8, 4) is 0 Å². The quantitative estimate of drug-likeness (QED) is 0.218. The molecule has 0 aliphatic heterocycles. The predicted octanol–water partition coefficient (Wildman–Crippen LogP) is 4.94. The molecule has 0 bridgehead atoms. The van der Waals surface area contributed by atoms with Crippen molar-refractivity contribution in [1.82, 2.24) is 0 Å². The fraction of sp³-hybridized carbons (Fsp3) is 0.0870. The van der Waals surface area contributed by atoms with Crippen LogP contribution >= 0.6 is 11.6 Å². The number of halogens is 3. The van der Waals surface area contributed by atoms with Crippen LogP contribution in [0.15, 0.2) is 60.7 Å². The molecule has 0 saturated carbocycles. The van der Waals surface area contributed by atoms with Gasteiger partial charge in [-0.25, -0.2) is 13.6 Å². The summed E-state index contributed by atoms with van der Waals surface area (Å²) in [4.78, 5) is 48.3. The highest BCUT2D eigenvalue weighted by atomic mass is 35.5. The summed E-state index contributed by atoms with van der Waals surface area (Å²) in [5.41, 5.74) is -1.35. The van der Waals surface area contributed by atoms with E-state index in [1.54, 1.807) is 0 Å². The SMILES string of the molecule is CC(OC(=O)c1ccccc1C(=O)c1ccc(Cl)c([N+](=O)[O-])c1)C(=O)Nc1cc(F)ccc1F. The molecule has 0 aliphatic carbocycles. The molecule has 1 amide bonds. The van der Waals surface area contributed by atoms with Gasteiger partial charge in [0.25, 0.3) is 11.6 Å². The number of benzene rings is 3. The summed E-state index contributed by atoms with van der Waals surface area (Å²) in [6.45, 7) is 1.21. The number of rotatable bonds is 7. The minimum atomic E-state index is -1.44. The van der Waals surface area contributed by atoms with Crippen LogP contribution in [0.3, 0.4) is 0 Å². The summed E-state index contributed by atoms with van der Waals surface area (Å²) in [7, 11) is 0. The molecular formula is C23H15ClF2N2O6. The number of carbonyl (C=O) groups is 3. The highest BCUT2D eigenvalue weighted by Gasteiger charge is 2.25. The van der Waals surface area contributed by atoms with E-state index >= 15 is 0 Å². The van der Waals surface area contributed by atoms with E-state index in [1.165, 1.54) is 43.3 Å². The first-order chi connectivity index (χ1) is 16.1. The number of amides is 1. The van der Waals surface area contributed by atoms with E-state index in [9.17, 15) is 33.3 Å². The number of nitro benzene ring substituents is 1. The van der Waals surface area contributed by atoms with Crippen LogP contribution in [-0.2, 0) is 9.53 Å². The lowest BCUT2D eigenvalue weighted by Crippen LogP contribution is -2.30. The molecule has 11 heteroatoms. The lowest BCUT2D eigenvalue weighted by atomic mass is 9.98. The summed E-state index contributed by atoms with van der Waals surface area (Å²) in [6.07, 6.45) is -1.44. The molecule has 0 fully saturated rings. The Balaban J connectivity index is 1.81. The van der Waals surface area contributed by atoms with E-state index in [2.05, 4.69) is 5.32 Å². The lowest BCUT2D eigenvalue weighted by Gasteiger charge is -2.15. The van der Waals surface area contributed by atoms with Gasteiger partial charge in [0.15, 0.2) is 11.9 Å². The number of ether oxygens (including phenoxy) is 1. The summed E-state index contributed by atoms with van der Waals surface area (Å²) >= 11 is 5.78. The number of hydrogen-bond acceptors (Lipinski definition) is 6. The number of esters is 1. The van der Waals surface area contributed by atoms with Crippen molar-refractivity contribution in [2.75, 3.05) is 5.32 Å². The molecule has 0 radical (unpaired) electrons. The van der Waals surface area contributed by atoms with Crippen LogP contribution in [0.5, 0.6) is 0 Å². The monoisotopic (exact) mass is 488 g/mol. The molecule has 1 N–H and O–H groups in total. The average molecular weight is 489 g/mol. The van der Waals surface area contributed by atoms with Crippen LogP contribution in [-0.4, -0.2) is 28.7 Å². The minimum absolute atomic E-state index is 0.0938. The van der Waals surface area contributed by atoms with E-state index in [0.29, 0.717) is 0 Å². The van der Waals surface area contributed by atoms with Crippen molar-refractivity contribution < 1.29 is 32.8 Å². The van der Waals surface area contributed by atoms with Crippen molar-refractivity contribution in [2.24, 2.45) is 0 Å². The van der Waals surface area contributed by atoms with Crippen LogP contribution in [0.1, 0.15) is 33.2 Å². The minimum Gasteiger partial charge on any atom is -0.449 e. The van der Waals surface area contributed by atoms with Gasteiger partial charge in [0.05, 0.1) is 16.2 Å². The molecule has 0 aliphatic rings. The third-order valence-corrected chi connectivity index (χ3v) is 4.96. The van der Waals surface area contributed by atoms with Crippen molar-refractivity contribution in [3.05, 3.63) is 104 Å². The van der Waals surface area contributed by atoms with Gasteiger partial charge < -0.3 is 10.1 Å². The zero-order valence-corrected chi connectivity index (χ0v) is 18.1. The molecule has 0 heterocycles. The van der Waals surface area contributed by atoms with Crippen LogP contribution in [0, 0.1) is 21.7 Å². The normalized spacial score (nSPS) is 11.4. The largest absolute Gasteiger partial charge is 0.449 e. The van der Waals surface area contributed by atoms with E-state index in [0.717, 1.165) is 24.3 Å². The van der Waals surface area contributed by atoms with Crippen molar-refractivity contribution in [3.63, 3.8) is 0 Å². The first-order valence-corrected chi connectivity index (χ1v) is 10.0. The second-order valence-electron chi connectivity index (χ2n) is 6.96. The van der Waals surface area contributed by atoms with Gasteiger partial charge in [-0.15, -0.1) is 0 Å². The summed E-state index contributed by atoms with van der Waals surface area (Å²) in [5.74, 6) is -4.37. The van der Waals surface area contributed by atoms with Crippen molar-refractivity contribution in [1.29, 1.82) is 0 Å². The highest BCUT2D eigenvalue weighted by Crippen LogP contribution is 2.27. The Morgan fingerprint density at radius 1 is 1.03 bits per heavy atom. The Bertz CT molecular complexity index is 1310. The van der Waals surface area contributed by atoms with Gasteiger partial charge in [-0.3, -0.25) is 19.7 Å². The number of nitro groups is 1.